The highest BCUT2D eigenvalue weighted by Crippen LogP contribution is 2.21. The second-order valence-electron chi connectivity index (χ2n) is 9.84. The molecule has 0 rings (SSSR count). The molecule has 0 aliphatic carbocycles. The molecular formula is C30H56O3. The summed E-state index contributed by atoms with van der Waals surface area (Å²) in [6.07, 6.45) is 31.5. The van der Waals surface area contributed by atoms with Crippen molar-refractivity contribution in [3.05, 3.63) is 12.2 Å². The Balaban J connectivity index is 3.55. The maximum absolute atomic E-state index is 11.8. The van der Waals surface area contributed by atoms with Crippen LogP contribution in [0.2, 0.25) is 0 Å². The predicted octanol–water partition coefficient (Wildman–Crippen LogP) is 9.52. The van der Waals surface area contributed by atoms with E-state index in [1.807, 2.05) is 6.08 Å². The highest BCUT2D eigenvalue weighted by atomic mass is 16.5. The van der Waals surface area contributed by atoms with Crippen molar-refractivity contribution in [3.63, 3.8) is 0 Å². The van der Waals surface area contributed by atoms with Crippen molar-refractivity contribution in [2.75, 3.05) is 6.61 Å². The van der Waals surface area contributed by atoms with Crippen molar-refractivity contribution in [1.82, 2.24) is 0 Å². The first-order valence-corrected chi connectivity index (χ1v) is 14.5. The van der Waals surface area contributed by atoms with E-state index in [9.17, 15) is 9.59 Å². The molecule has 0 aliphatic rings. The summed E-state index contributed by atoms with van der Waals surface area (Å²) in [4.78, 5) is 22.8. The summed E-state index contributed by atoms with van der Waals surface area (Å²) < 4.78 is 5.30. The minimum atomic E-state index is -0.0722. The maximum Gasteiger partial charge on any atom is 0.306 e. The molecule has 0 bridgehead atoms. The van der Waals surface area contributed by atoms with Crippen LogP contribution in [0.5, 0.6) is 0 Å². The lowest BCUT2D eigenvalue weighted by molar-refractivity contribution is -0.142. The zero-order valence-electron chi connectivity index (χ0n) is 22.3. The third kappa shape index (κ3) is 25.3. The summed E-state index contributed by atoms with van der Waals surface area (Å²) in [7, 11) is 0. The minimum Gasteiger partial charge on any atom is -0.461 e. The summed E-state index contributed by atoms with van der Waals surface area (Å²) in [6.45, 7) is 4.92. The fraction of sp³-hybridized carbons (Fsp3) is 0.867. The van der Waals surface area contributed by atoms with E-state index in [4.69, 9.17) is 4.74 Å². The molecule has 0 aliphatic heterocycles. The Morgan fingerprint density at radius 2 is 1.18 bits per heavy atom. The van der Waals surface area contributed by atoms with E-state index in [0.29, 0.717) is 25.4 Å². The third-order valence-corrected chi connectivity index (χ3v) is 6.62. The van der Waals surface area contributed by atoms with Gasteiger partial charge in [-0.05, 0) is 25.2 Å². The standard InChI is InChI=1S/C30H56O3/c1-3-5-7-9-11-12-14-18-22-28-33-30(32)25-21-17-16-20-24-29(26-27-31)23-19-15-13-10-8-6-4-2/h18,22,27,29H,3-17,19-21,23-26,28H2,1-2H3. The Morgan fingerprint density at radius 1 is 0.667 bits per heavy atom. The third-order valence-electron chi connectivity index (χ3n) is 6.62. The van der Waals surface area contributed by atoms with Gasteiger partial charge in [-0.15, -0.1) is 0 Å². The van der Waals surface area contributed by atoms with Crippen LogP contribution in [0.1, 0.15) is 155 Å². The van der Waals surface area contributed by atoms with E-state index in [0.717, 1.165) is 38.4 Å². The van der Waals surface area contributed by atoms with Gasteiger partial charge in [-0.1, -0.05) is 135 Å². The molecule has 33 heavy (non-hydrogen) atoms. The van der Waals surface area contributed by atoms with Gasteiger partial charge in [0, 0.05) is 12.8 Å². The molecule has 3 nitrogen and oxygen atoms in total. The van der Waals surface area contributed by atoms with Gasteiger partial charge in [-0.2, -0.15) is 0 Å². The lowest BCUT2D eigenvalue weighted by Crippen LogP contribution is -2.04. The van der Waals surface area contributed by atoms with Crippen LogP contribution in [0.4, 0.5) is 0 Å². The first-order chi connectivity index (χ1) is 16.2. The molecule has 0 N–H and O–H groups in total. The first kappa shape index (κ1) is 31.9. The lowest BCUT2D eigenvalue weighted by atomic mass is 9.92. The molecular weight excluding hydrogens is 408 g/mol. The zero-order valence-corrected chi connectivity index (χ0v) is 22.3. The number of hydrogen-bond acceptors (Lipinski definition) is 3. The van der Waals surface area contributed by atoms with Crippen LogP contribution in [0.3, 0.4) is 0 Å². The number of esters is 1. The number of carbonyl (C=O) groups excluding carboxylic acids is 2. The maximum atomic E-state index is 11.8. The van der Waals surface area contributed by atoms with Crippen LogP contribution < -0.4 is 0 Å². The average molecular weight is 465 g/mol. The molecule has 0 saturated heterocycles. The summed E-state index contributed by atoms with van der Waals surface area (Å²) in [6, 6.07) is 0. The minimum absolute atomic E-state index is 0.0722. The van der Waals surface area contributed by atoms with E-state index in [1.54, 1.807) is 0 Å². The average Bonchev–Trinajstić information content (AvgIpc) is 2.81. The number of rotatable bonds is 26. The molecule has 1 unspecified atom stereocenters. The number of unbranched alkanes of at least 4 members (excludes halogenated alkanes) is 15. The second kappa shape index (κ2) is 27.1. The number of hydrogen-bond donors (Lipinski definition) is 0. The fourth-order valence-corrected chi connectivity index (χ4v) is 4.40. The van der Waals surface area contributed by atoms with Crippen LogP contribution in [-0.4, -0.2) is 18.9 Å². The largest absolute Gasteiger partial charge is 0.461 e. The molecule has 0 aromatic rings. The van der Waals surface area contributed by atoms with E-state index in [-0.39, 0.29) is 5.97 Å². The first-order valence-electron chi connectivity index (χ1n) is 14.5. The molecule has 0 heterocycles. The van der Waals surface area contributed by atoms with Crippen molar-refractivity contribution >= 4 is 12.3 Å². The van der Waals surface area contributed by atoms with Crippen molar-refractivity contribution in [3.8, 4) is 0 Å². The lowest BCUT2D eigenvalue weighted by Gasteiger charge is -2.14. The Morgan fingerprint density at radius 3 is 1.76 bits per heavy atom. The van der Waals surface area contributed by atoms with Gasteiger partial charge in [0.05, 0.1) is 0 Å². The molecule has 0 aromatic carbocycles. The molecule has 0 saturated carbocycles. The van der Waals surface area contributed by atoms with Gasteiger partial charge in [0.1, 0.15) is 12.9 Å². The van der Waals surface area contributed by atoms with Crippen LogP contribution in [-0.2, 0) is 14.3 Å². The number of carbonyl (C=O) groups is 2. The fourth-order valence-electron chi connectivity index (χ4n) is 4.40. The van der Waals surface area contributed by atoms with Gasteiger partial charge in [0.15, 0.2) is 0 Å². The Bertz CT molecular complexity index is 444. The Kier molecular flexibility index (Phi) is 26.2. The monoisotopic (exact) mass is 464 g/mol. The highest BCUT2D eigenvalue weighted by Gasteiger charge is 2.08. The molecule has 0 radical (unpaired) electrons. The number of allylic oxidation sites excluding steroid dienone is 1. The smallest absolute Gasteiger partial charge is 0.306 e. The van der Waals surface area contributed by atoms with E-state index >= 15 is 0 Å². The summed E-state index contributed by atoms with van der Waals surface area (Å²) in [5.74, 6) is 0.489. The van der Waals surface area contributed by atoms with E-state index < -0.39 is 0 Å². The van der Waals surface area contributed by atoms with Crippen molar-refractivity contribution in [1.29, 1.82) is 0 Å². The molecule has 0 spiro atoms. The van der Waals surface area contributed by atoms with E-state index in [1.165, 1.54) is 96.3 Å². The van der Waals surface area contributed by atoms with Gasteiger partial charge in [-0.25, -0.2) is 0 Å². The molecule has 0 aromatic heterocycles. The van der Waals surface area contributed by atoms with Crippen LogP contribution in [0.25, 0.3) is 0 Å². The Labute approximate surface area is 206 Å². The highest BCUT2D eigenvalue weighted by molar-refractivity contribution is 5.69. The van der Waals surface area contributed by atoms with Gasteiger partial charge >= 0.3 is 5.97 Å². The van der Waals surface area contributed by atoms with Crippen LogP contribution in [0.15, 0.2) is 12.2 Å². The van der Waals surface area contributed by atoms with Gasteiger partial charge in [-0.3, -0.25) is 4.79 Å². The van der Waals surface area contributed by atoms with Crippen molar-refractivity contribution in [2.45, 2.75) is 155 Å². The zero-order chi connectivity index (χ0) is 24.2. The summed E-state index contributed by atoms with van der Waals surface area (Å²) in [5.41, 5.74) is 0. The number of aldehydes is 1. The normalized spacial score (nSPS) is 12.3. The SMILES string of the molecule is CCCCCCCCC=CCOC(=O)CCCCCCC(CC=O)CCCCCCCCC. The summed E-state index contributed by atoms with van der Waals surface area (Å²) >= 11 is 0. The van der Waals surface area contributed by atoms with Gasteiger partial charge in [0.2, 0.25) is 0 Å². The van der Waals surface area contributed by atoms with Crippen molar-refractivity contribution in [2.24, 2.45) is 5.92 Å². The van der Waals surface area contributed by atoms with Gasteiger partial charge in [0.25, 0.3) is 0 Å². The Hall–Kier alpha value is -1.12. The molecule has 1 atom stereocenters. The molecule has 0 amide bonds. The molecule has 3 heteroatoms. The van der Waals surface area contributed by atoms with Gasteiger partial charge < -0.3 is 9.53 Å². The van der Waals surface area contributed by atoms with Crippen LogP contribution in [0, 0.1) is 5.92 Å². The predicted molar refractivity (Wildman–Crippen MR) is 143 cm³/mol. The van der Waals surface area contributed by atoms with E-state index in [2.05, 4.69) is 19.9 Å². The summed E-state index contributed by atoms with van der Waals surface area (Å²) in [5, 5.41) is 0. The second-order valence-corrected chi connectivity index (χ2v) is 9.84. The number of ether oxygens (including phenoxy) is 1. The molecule has 194 valence electrons. The quantitative estimate of drug-likeness (QED) is 0.0554. The topological polar surface area (TPSA) is 43.4 Å². The van der Waals surface area contributed by atoms with Crippen molar-refractivity contribution < 1.29 is 14.3 Å². The van der Waals surface area contributed by atoms with Crippen LogP contribution >= 0.6 is 0 Å². The molecule has 0 fully saturated rings.